The van der Waals surface area contributed by atoms with E-state index in [1.807, 2.05) is 20.8 Å². The molecule has 100 valence electrons. The smallest absolute Gasteiger partial charge is 0.311 e. The Labute approximate surface area is 108 Å². The molecule has 0 aliphatic rings. The van der Waals surface area contributed by atoms with Gasteiger partial charge in [0, 0.05) is 17.5 Å². The van der Waals surface area contributed by atoms with E-state index in [4.69, 9.17) is 14.2 Å². The molecule has 0 unspecified atom stereocenters. The Morgan fingerprint density at radius 3 is 1.83 bits per heavy atom. The van der Waals surface area contributed by atoms with Crippen LogP contribution in [0.1, 0.15) is 30.0 Å². The van der Waals surface area contributed by atoms with E-state index >= 15 is 0 Å². The third kappa shape index (κ3) is 2.42. The standard InChI is InChI=1S/C14H20O4/c1-7-11(15)18-14-10(4)12(16-5)8(2)9(3)13(14)17-6/h7H2,1-6H3. The lowest BCUT2D eigenvalue weighted by Crippen LogP contribution is -2.10. The third-order valence-electron chi connectivity index (χ3n) is 3.04. The molecule has 0 fully saturated rings. The molecular formula is C14H20O4. The third-order valence-corrected chi connectivity index (χ3v) is 3.04. The molecule has 0 atom stereocenters. The minimum Gasteiger partial charge on any atom is -0.496 e. The van der Waals surface area contributed by atoms with Crippen LogP contribution >= 0.6 is 0 Å². The Kier molecular flexibility index (Phi) is 4.59. The summed E-state index contributed by atoms with van der Waals surface area (Å²) in [4.78, 5) is 11.5. The predicted molar refractivity (Wildman–Crippen MR) is 69.7 cm³/mol. The normalized spacial score (nSPS) is 10.1. The van der Waals surface area contributed by atoms with Crippen LogP contribution in [0, 0.1) is 20.8 Å². The molecule has 0 spiro atoms. The van der Waals surface area contributed by atoms with Gasteiger partial charge in [-0.3, -0.25) is 4.79 Å². The van der Waals surface area contributed by atoms with Crippen LogP contribution in [0.3, 0.4) is 0 Å². The van der Waals surface area contributed by atoms with Crippen molar-refractivity contribution in [3.8, 4) is 17.2 Å². The maximum atomic E-state index is 11.5. The fourth-order valence-corrected chi connectivity index (χ4v) is 1.93. The summed E-state index contributed by atoms with van der Waals surface area (Å²) >= 11 is 0. The molecule has 1 aromatic carbocycles. The lowest BCUT2D eigenvalue weighted by molar-refractivity contribution is -0.134. The van der Waals surface area contributed by atoms with Crippen LogP contribution in [-0.2, 0) is 4.79 Å². The van der Waals surface area contributed by atoms with E-state index in [-0.39, 0.29) is 5.97 Å². The number of esters is 1. The summed E-state index contributed by atoms with van der Waals surface area (Å²) in [5.41, 5.74) is 2.68. The number of carbonyl (C=O) groups excluding carboxylic acids is 1. The van der Waals surface area contributed by atoms with E-state index in [0.717, 1.165) is 22.4 Å². The van der Waals surface area contributed by atoms with Gasteiger partial charge in [0.1, 0.15) is 5.75 Å². The molecule has 4 nitrogen and oxygen atoms in total. The van der Waals surface area contributed by atoms with Crippen LogP contribution in [0.25, 0.3) is 0 Å². The first-order valence-corrected chi connectivity index (χ1v) is 5.90. The second-order valence-corrected chi connectivity index (χ2v) is 4.10. The Bertz CT molecular complexity index is 464. The van der Waals surface area contributed by atoms with Crippen molar-refractivity contribution < 1.29 is 19.0 Å². The summed E-state index contributed by atoms with van der Waals surface area (Å²) in [5, 5.41) is 0. The van der Waals surface area contributed by atoms with Crippen LogP contribution in [0.2, 0.25) is 0 Å². The zero-order valence-electron chi connectivity index (χ0n) is 11.8. The SMILES string of the molecule is CCC(=O)Oc1c(C)c(OC)c(C)c(C)c1OC. The van der Waals surface area contributed by atoms with Gasteiger partial charge in [0.15, 0.2) is 11.5 Å². The highest BCUT2D eigenvalue weighted by molar-refractivity contribution is 5.75. The van der Waals surface area contributed by atoms with E-state index in [0.29, 0.717) is 17.9 Å². The van der Waals surface area contributed by atoms with Crippen molar-refractivity contribution in [3.63, 3.8) is 0 Å². The minimum atomic E-state index is -0.290. The van der Waals surface area contributed by atoms with E-state index in [2.05, 4.69) is 0 Å². The fraction of sp³-hybridized carbons (Fsp3) is 0.500. The zero-order chi connectivity index (χ0) is 13.9. The van der Waals surface area contributed by atoms with Gasteiger partial charge in [-0.2, -0.15) is 0 Å². The Hall–Kier alpha value is -1.71. The summed E-state index contributed by atoms with van der Waals surface area (Å²) in [6.45, 7) is 7.48. The topological polar surface area (TPSA) is 44.8 Å². The monoisotopic (exact) mass is 252 g/mol. The van der Waals surface area contributed by atoms with Crippen molar-refractivity contribution in [2.24, 2.45) is 0 Å². The van der Waals surface area contributed by atoms with E-state index in [9.17, 15) is 4.79 Å². The number of hydrogen-bond acceptors (Lipinski definition) is 4. The first-order valence-electron chi connectivity index (χ1n) is 5.90. The van der Waals surface area contributed by atoms with Crippen molar-refractivity contribution in [1.82, 2.24) is 0 Å². The number of benzene rings is 1. The molecule has 0 aliphatic heterocycles. The van der Waals surface area contributed by atoms with Gasteiger partial charge in [-0.15, -0.1) is 0 Å². The molecule has 0 amide bonds. The first kappa shape index (κ1) is 14.4. The molecule has 0 aliphatic carbocycles. The summed E-state index contributed by atoms with van der Waals surface area (Å²) in [6, 6.07) is 0. The zero-order valence-corrected chi connectivity index (χ0v) is 11.8. The molecule has 0 saturated carbocycles. The number of hydrogen-bond donors (Lipinski definition) is 0. The number of ether oxygens (including phenoxy) is 3. The van der Waals surface area contributed by atoms with E-state index in [1.165, 1.54) is 0 Å². The largest absolute Gasteiger partial charge is 0.496 e. The maximum absolute atomic E-state index is 11.5. The first-order chi connectivity index (χ1) is 8.47. The molecule has 1 aromatic rings. The van der Waals surface area contributed by atoms with Crippen LogP contribution in [0.4, 0.5) is 0 Å². The summed E-state index contributed by atoms with van der Waals surface area (Å²) in [5.74, 6) is 1.48. The van der Waals surface area contributed by atoms with Crippen LogP contribution in [0.15, 0.2) is 0 Å². The van der Waals surface area contributed by atoms with Crippen molar-refractivity contribution in [1.29, 1.82) is 0 Å². The Balaban J connectivity index is 3.46. The molecule has 0 radical (unpaired) electrons. The quantitative estimate of drug-likeness (QED) is 0.610. The highest BCUT2D eigenvalue weighted by atomic mass is 16.6. The van der Waals surface area contributed by atoms with Gasteiger partial charge >= 0.3 is 5.97 Å². The van der Waals surface area contributed by atoms with E-state index < -0.39 is 0 Å². The van der Waals surface area contributed by atoms with Crippen LogP contribution in [0.5, 0.6) is 17.2 Å². The lowest BCUT2D eigenvalue weighted by Gasteiger charge is -2.19. The summed E-state index contributed by atoms with van der Waals surface area (Å²) < 4.78 is 16.1. The van der Waals surface area contributed by atoms with Gasteiger partial charge in [-0.05, 0) is 26.3 Å². The Morgan fingerprint density at radius 2 is 1.39 bits per heavy atom. The molecule has 4 heteroatoms. The average Bonchev–Trinajstić information content (AvgIpc) is 2.36. The molecule has 0 aromatic heterocycles. The van der Waals surface area contributed by atoms with Crippen molar-refractivity contribution in [3.05, 3.63) is 16.7 Å². The fourth-order valence-electron chi connectivity index (χ4n) is 1.93. The van der Waals surface area contributed by atoms with Gasteiger partial charge in [0.05, 0.1) is 14.2 Å². The highest BCUT2D eigenvalue weighted by Gasteiger charge is 2.21. The number of methoxy groups -OCH3 is 2. The molecule has 18 heavy (non-hydrogen) atoms. The lowest BCUT2D eigenvalue weighted by atomic mass is 10.0. The van der Waals surface area contributed by atoms with Crippen LogP contribution < -0.4 is 14.2 Å². The van der Waals surface area contributed by atoms with E-state index in [1.54, 1.807) is 21.1 Å². The molecule has 0 N–H and O–H groups in total. The van der Waals surface area contributed by atoms with Gasteiger partial charge in [0.2, 0.25) is 0 Å². The van der Waals surface area contributed by atoms with Crippen molar-refractivity contribution in [2.45, 2.75) is 34.1 Å². The molecule has 0 heterocycles. The molecule has 0 saturated heterocycles. The summed E-state index contributed by atoms with van der Waals surface area (Å²) in [7, 11) is 3.17. The van der Waals surface area contributed by atoms with Crippen LogP contribution in [-0.4, -0.2) is 20.2 Å². The predicted octanol–water partition coefficient (Wildman–Crippen LogP) is 2.94. The molecule has 0 bridgehead atoms. The minimum absolute atomic E-state index is 0.290. The van der Waals surface area contributed by atoms with Crippen molar-refractivity contribution in [2.75, 3.05) is 14.2 Å². The van der Waals surface area contributed by atoms with Gasteiger partial charge < -0.3 is 14.2 Å². The second-order valence-electron chi connectivity index (χ2n) is 4.10. The summed E-state index contributed by atoms with van der Waals surface area (Å²) in [6.07, 6.45) is 0.317. The van der Waals surface area contributed by atoms with Gasteiger partial charge in [-0.25, -0.2) is 0 Å². The number of rotatable bonds is 4. The number of carbonyl (C=O) groups is 1. The molecule has 1 rings (SSSR count). The average molecular weight is 252 g/mol. The Morgan fingerprint density at radius 1 is 0.889 bits per heavy atom. The highest BCUT2D eigenvalue weighted by Crippen LogP contribution is 2.43. The van der Waals surface area contributed by atoms with Gasteiger partial charge in [0.25, 0.3) is 0 Å². The van der Waals surface area contributed by atoms with Gasteiger partial charge in [-0.1, -0.05) is 6.92 Å². The maximum Gasteiger partial charge on any atom is 0.311 e. The molecular weight excluding hydrogens is 232 g/mol. The van der Waals surface area contributed by atoms with Crippen molar-refractivity contribution >= 4 is 5.97 Å². The second kappa shape index (κ2) is 5.76.